The Balaban J connectivity index is 1.67. The number of anilines is 1. The first kappa shape index (κ1) is 19.1. The second-order valence-corrected chi connectivity index (χ2v) is 7.22. The summed E-state index contributed by atoms with van der Waals surface area (Å²) in [5.41, 5.74) is 1.38. The third kappa shape index (κ3) is 3.06. The fourth-order valence-electron chi connectivity index (χ4n) is 3.92. The highest BCUT2D eigenvalue weighted by Gasteiger charge is 2.25. The summed E-state index contributed by atoms with van der Waals surface area (Å²) in [4.78, 5) is 31.8. The van der Waals surface area contributed by atoms with Crippen LogP contribution in [0.3, 0.4) is 0 Å². The van der Waals surface area contributed by atoms with E-state index in [-0.39, 0.29) is 11.2 Å². The lowest BCUT2D eigenvalue weighted by molar-refractivity contribution is 0.354. The van der Waals surface area contributed by atoms with Crippen LogP contribution < -0.4 is 25.6 Å². The highest BCUT2D eigenvalue weighted by atomic mass is 16.5. The van der Waals surface area contributed by atoms with Crippen molar-refractivity contribution in [1.82, 2.24) is 18.7 Å². The topological polar surface area (TPSA) is 83.5 Å². The first-order valence-corrected chi connectivity index (χ1v) is 9.58. The monoisotopic (exact) mass is 399 g/mol. The van der Waals surface area contributed by atoms with E-state index in [4.69, 9.17) is 9.47 Å². The average Bonchev–Trinajstić information content (AvgIpc) is 3.14. The van der Waals surface area contributed by atoms with E-state index in [9.17, 15) is 9.59 Å². The number of benzene rings is 1. The standard InChI is InChI=1S/C20H25N5O4/c1-22-17-16(18(26)23(2)20(22)27)25-10-5-9-24(19(25)21-17)11-8-13-6-7-14(28-3)15(12-13)29-4/h6-7,12H,5,8-11H2,1-4H3. The Morgan fingerprint density at radius 2 is 1.79 bits per heavy atom. The molecule has 1 aliphatic rings. The molecule has 154 valence electrons. The summed E-state index contributed by atoms with van der Waals surface area (Å²) in [7, 11) is 6.39. The maximum absolute atomic E-state index is 12.7. The van der Waals surface area contributed by atoms with E-state index < -0.39 is 0 Å². The number of aryl methyl sites for hydroxylation is 2. The van der Waals surface area contributed by atoms with Gasteiger partial charge in [-0.3, -0.25) is 13.9 Å². The molecule has 0 N–H and O–H groups in total. The third-order valence-corrected chi connectivity index (χ3v) is 5.54. The molecule has 9 nitrogen and oxygen atoms in total. The van der Waals surface area contributed by atoms with Crippen molar-refractivity contribution in [2.24, 2.45) is 14.1 Å². The van der Waals surface area contributed by atoms with Gasteiger partial charge >= 0.3 is 5.69 Å². The highest BCUT2D eigenvalue weighted by molar-refractivity contribution is 5.74. The number of rotatable bonds is 5. The summed E-state index contributed by atoms with van der Waals surface area (Å²) in [5.74, 6) is 2.15. The van der Waals surface area contributed by atoms with Crippen molar-refractivity contribution in [2.75, 3.05) is 32.2 Å². The van der Waals surface area contributed by atoms with Gasteiger partial charge in [0.15, 0.2) is 22.7 Å². The van der Waals surface area contributed by atoms with Gasteiger partial charge in [-0.2, -0.15) is 4.98 Å². The number of imidazole rings is 1. The van der Waals surface area contributed by atoms with E-state index in [0.717, 1.165) is 42.0 Å². The number of fused-ring (bicyclic) bond motifs is 3. The molecule has 3 aromatic rings. The van der Waals surface area contributed by atoms with Gasteiger partial charge in [0.2, 0.25) is 5.95 Å². The Labute approximate surface area is 167 Å². The zero-order valence-corrected chi connectivity index (χ0v) is 17.1. The van der Waals surface area contributed by atoms with Gasteiger partial charge in [0.05, 0.1) is 14.2 Å². The second-order valence-electron chi connectivity index (χ2n) is 7.22. The van der Waals surface area contributed by atoms with Gasteiger partial charge in [-0.1, -0.05) is 6.07 Å². The van der Waals surface area contributed by atoms with Gasteiger partial charge in [-0.15, -0.1) is 0 Å². The first-order valence-electron chi connectivity index (χ1n) is 9.58. The van der Waals surface area contributed by atoms with E-state index in [1.165, 1.54) is 11.6 Å². The average molecular weight is 399 g/mol. The van der Waals surface area contributed by atoms with Gasteiger partial charge in [0.1, 0.15) is 0 Å². The molecule has 9 heteroatoms. The number of hydrogen-bond donors (Lipinski definition) is 0. The normalized spacial score (nSPS) is 13.6. The molecule has 0 saturated heterocycles. The highest BCUT2D eigenvalue weighted by Crippen LogP contribution is 2.29. The van der Waals surface area contributed by atoms with Crippen LogP contribution in [0.1, 0.15) is 12.0 Å². The van der Waals surface area contributed by atoms with Crippen molar-refractivity contribution in [3.05, 3.63) is 44.6 Å². The van der Waals surface area contributed by atoms with Crippen LogP contribution in [0.15, 0.2) is 27.8 Å². The maximum Gasteiger partial charge on any atom is 0.332 e. The Kier molecular flexibility index (Phi) is 4.81. The smallest absolute Gasteiger partial charge is 0.332 e. The zero-order valence-electron chi connectivity index (χ0n) is 17.1. The fourth-order valence-corrected chi connectivity index (χ4v) is 3.92. The second kappa shape index (κ2) is 7.31. The quantitative estimate of drug-likeness (QED) is 0.634. The van der Waals surface area contributed by atoms with Crippen molar-refractivity contribution in [3.63, 3.8) is 0 Å². The van der Waals surface area contributed by atoms with Gasteiger partial charge in [-0.05, 0) is 30.5 Å². The molecule has 0 radical (unpaired) electrons. The lowest BCUT2D eigenvalue weighted by Crippen LogP contribution is -2.38. The predicted octanol–water partition coefficient (Wildman–Crippen LogP) is 0.904. The lowest BCUT2D eigenvalue weighted by Gasteiger charge is -2.29. The van der Waals surface area contributed by atoms with Gasteiger partial charge in [-0.25, -0.2) is 4.79 Å². The summed E-state index contributed by atoms with van der Waals surface area (Å²) in [6, 6.07) is 5.90. The summed E-state index contributed by atoms with van der Waals surface area (Å²) in [5, 5.41) is 0. The van der Waals surface area contributed by atoms with E-state index in [1.807, 2.05) is 22.8 Å². The van der Waals surface area contributed by atoms with Crippen molar-refractivity contribution < 1.29 is 9.47 Å². The largest absolute Gasteiger partial charge is 0.493 e. The minimum absolute atomic E-state index is 0.302. The summed E-state index contributed by atoms with van der Waals surface area (Å²) < 4.78 is 15.2. The van der Waals surface area contributed by atoms with Gasteiger partial charge in [0, 0.05) is 33.7 Å². The van der Waals surface area contributed by atoms with Crippen molar-refractivity contribution in [1.29, 1.82) is 0 Å². The molecule has 0 amide bonds. The van der Waals surface area contributed by atoms with Crippen molar-refractivity contribution >= 4 is 17.1 Å². The number of hydrogen-bond acceptors (Lipinski definition) is 6. The molecule has 2 aromatic heterocycles. The number of aromatic nitrogens is 4. The van der Waals surface area contributed by atoms with Gasteiger partial charge < -0.3 is 18.9 Å². The number of nitrogens with zero attached hydrogens (tertiary/aromatic N) is 5. The van der Waals surface area contributed by atoms with Crippen molar-refractivity contribution in [2.45, 2.75) is 19.4 Å². The van der Waals surface area contributed by atoms with E-state index in [1.54, 1.807) is 21.3 Å². The fraction of sp³-hybridized carbons (Fsp3) is 0.450. The lowest BCUT2D eigenvalue weighted by atomic mass is 10.1. The summed E-state index contributed by atoms with van der Waals surface area (Å²) in [6.07, 6.45) is 1.71. The first-order chi connectivity index (χ1) is 14.0. The Morgan fingerprint density at radius 1 is 1.03 bits per heavy atom. The molecular weight excluding hydrogens is 374 g/mol. The van der Waals surface area contributed by atoms with Crippen LogP contribution >= 0.6 is 0 Å². The number of ether oxygens (including phenoxy) is 2. The molecule has 0 atom stereocenters. The minimum atomic E-state index is -0.366. The van der Waals surface area contributed by atoms with Crippen LogP contribution in [0.2, 0.25) is 0 Å². The van der Waals surface area contributed by atoms with Gasteiger partial charge in [0.25, 0.3) is 5.56 Å². The summed E-state index contributed by atoms with van der Waals surface area (Å²) >= 11 is 0. The molecule has 0 aliphatic carbocycles. The van der Waals surface area contributed by atoms with Crippen LogP contribution in [-0.4, -0.2) is 46.0 Å². The van der Waals surface area contributed by atoms with Crippen LogP contribution in [0.5, 0.6) is 11.5 Å². The molecule has 3 heterocycles. The molecule has 0 saturated carbocycles. The molecule has 0 spiro atoms. The van der Waals surface area contributed by atoms with E-state index in [2.05, 4.69) is 9.88 Å². The van der Waals surface area contributed by atoms with Crippen LogP contribution in [0, 0.1) is 0 Å². The molecular formula is C20H25N5O4. The molecule has 1 aliphatic heterocycles. The molecule has 1 aromatic carbocycles. The molecule has 0 unspecified atom stereocenters. The SMILES string of the molecule is COc1ccc(CCN2CCCn3c2nc2c3c(=O)n(C)c(=O)n2C)cc1OC. The number of methoxy groups -OCH3 is 2. The molecule has 29 heavy (non-hydrogen) atoms. The molecule has 0 fully saturated rings. The predicted molar refractivity (Wildman–Crippen MR) is 110 cm³/mol. The van der Waals surface area contributed by atoms with Crippen LogP contribution in [0.4, 0.5) is 5.95 Å². The Bertz CT molecular complexity index is 1190. The molecule has 0 bridgehead atoms. The third-order valence-electron chi connectivity index (χ3n) is 5.54. The minimum Gasteiger partial charge on any atom is -0.493 e. The van der Waals surface area contributed by atoms with Crippen molar-refractivity contribution in [3.8, 4) is 11.5 Å². The summed E-state index contributed by atoms with van der Waals surface area (Å²) in [6.45, 7) is 2.31. The van der Waals surface area contributed by atoms with E-state index >= 15 is 0 Å². The Hall–Kier alpha value is -3.23. The van der Waals surface area contributed by atoms with E-state index in [0.29, 0.717) is 29.2 Å². The zero-order chi connectivity index (χ0) is 20.7. The van der Waals surface area contributed by atoms with Crippen LogP contribution in [0.25, 0.3) is 11.2 Å². The maximum atomic E-state index is 12.7. The van der Waals surface area contributed by atoms with Crippen LogP contribution in [-0.2, 0) is 27.1 Å². The Morgan fingerprint density at radius 3 is 2.52 bits per heavy atom. The molecule has 4 rings (SSSR count).